The zero-order valence-electron chi connectivity index (χ0n) is 20.2. The number of carbonyl (C=O) groups is 1. The highest BCUT2D eigenvalue weighted by Crippen LogP contribution is 2.27. The van der Waals surface area contributed by atoms with Gasteiger partial charge in [-0.1, -0.05) is 30.2 Å². The van der Waals surface area contributed by atoms with Gasteiger partial charge in [0.2, 0.25) is 15.9 Å². The molecule has 1 amide bonds. The van der Waals surface area contributed by atoms with E-state index >= 15 is 0 Å². The van der Waals surface area contributed by atoms with E-state index in [2.05, 4.69) is 10.2 Å². The summed E-state index contributed by atoms with van der Waals surface area (Å²) in [6.07, 6.45) is 4.65. The van der Waals surface area contributed by atoms with Gasteiger partial charge in [-0.05, 0) is 73.7 Å². The number of nitrogens with one attached hydrogen (secondary N) is 1. The largest absolute Gasteiger partial charge is 0.356 e. The summed E-state index contributed by atoms with van der Waals surface area (Å²) in [5, 5.41) is 4.52. The number of piperidine rings is 2. The summed E-state index contributed by atoms with van der Waals surface area (Å²) in [7, 11) is -3.48. The lowest BCUT2D eigenvalue weighted by Gasteiger charge is -2.33. The summed E-state index contributed by atoms with van der Waals surface area (Å²) in [4.78, 5) is 20.1. The third-order valence-electron chi connectivity index (χ3n) is 7.09. The summed E-state index contributed by atoms with van der Waals surface area (Å²) < 4.78 is 27.7. The second-order valence-corrected chi connectivity index (χ2v) is 12.0. The van der Waals surface area contributed by atoms with Crippen LogP contribution in [0.2, 0.25) is 5.02 Å². The first-order chi connectivity index (χ1) is 17.4. The molecule has 0 spiro atoms. The van der Waals surface area contributed by atoms with Gasteiger partial charge in [0.25, 0.3) is 0 Å². The Kier molecular flexibility index (Phi) is 7.46. The molecule has 36 heavy (non-hydrogen) atoms. The molecule has 0 saturated carbocycles. The number of pyridine rings is 1. The van der Waals surface area contributed by atoms with Gasteiger partial charge < -0.3 is 10.2 Å². The fraction of sp³-hybridized carbons (Fsp3) is 0.407. The molecule has 2 saturated heterocycles. The lowest BCUT2D eigenvalue weighted by molar-refractivity contribution is -0.125. The van der Waals surface area contributed by atoms with Gasteiger partial charge in [0.1, 0.15) is 5.82 Å². The molecule has 2 fully saturated rings. The van der Waals surface area contributed by atoms with Gasteiger partial charge in [-0.3, -0.25) is 4.79 Å². The number of anilines is 1. The number of halogens is 1. The van der Waals surface area contributed by atoms with E-state index in [1.165, 1.54) is 0 Å². The topological polar surface area (TPSA) is 82.6 Å². The van der Waals surface area contributed by atoms with Crippen molar-refractivity contribution in [2.45, 2.75) is 43.5 Å². The number of nitrogens with zero attached hydrogens (tertiary/aromatic N) is 3. The van der Waals surface area contributed by atoms with Crippen molar-refractivity contribution in [1.82, 2.24) is 14.6 Å². The second kappa shape index (κ2) is 10.7. The normalized spacial score (nSPS) is 19.4. The smallest absolute Gasteiger partial charge is 0.243 e. The van der Waals surface area contributed by atoms with Gasteiger partial charge in [0.05, 0.1) is 16.3 Å². The first-order valence-electron chi connectivity index (χ1n) is 12.6. The number of amides is 1. The number of fused-ring (bicyclic) bond motifs is 1. The summed E-state index contributed by atoms with van der Waals surface area (Å²) >= 11 is 5.94. The predicted octanol–water partition coefficient (Wildman–Crippen LogP) is 4.60. The van der Waals surface area contributed by atoms with Crippen molar-refractivity contribution in [3.05, 3.63) is 65.2 Å². The van der Waals surface area contributed by atoms with Crippen LogP contribution in [0.15, 0.2) is 59.5 Å². The highest BCUT2D eigenvalue weighted by Gasteiger charge is 2.28. The van der Waals surface area contributed by atoms with Crippen LogP contribution in [-0.4, -0.2) is 49.8 Å². The number of hydrogen-bond acceptors (Lipinski definition) is 5. The first kappa shape index (κ1) is 25.0. The fourth-order valence-corrected chi connectivity index (χ4v) is 6.70. The van der Waals surface area contributed by atoms with Gasteiger partial charge in [-0.25, -0.2) is 13.4 Å². The van der Waals surface area contributed by atoms with Crippen molar-refractivity contribution >= 4 is 44.3 Å². The summed E-state index contributed by atoms with van der Waals surface area (Å²) in [5.41, 5.74) is 1.76. The third-order valence-corrected chi connectivity index (χ3v) is 9.24. The standard InChI is InChI=1S/C27H31ClN4O3S/c28-23-9-6-20(7-10-23)18-29-27(33)22-5-4-14-31(19-22)26-13-8-21-17-24(11-12-25(21)30-26)36(34,35)32-15-2-1-3-16-32/h6-13,17,22H,1-5,14-16,18-19H2,(H,29,33). The SMILES string of the molecule is O=C(NCc1ccc(Cl)cc1)C1CCCN(c2ccc3cc(S(=O)(=O)N4CCCCC4)ccc3n2)C1. The van der Waals surface area contributed by atoms with Gasteiger partial charge in [-0.2, -0.15) is 4.31 Å². The van der Waals surface area contributed by atoms with Gasteiger partial charge >= 0.3 is 0 Å². The minimum Gasteiger partial charge on any atom is -0.356 e. The van der Waals surface area contributed by atoms with E-state index in [1.807, 2.05) is 36.4 Å². The quantitative estimate of drug-likeness (QED) is 0.507. The first-order valence-corrected chi connectivity index (χ1v) is 14.4. The Balaban J connectivity index is 1.26. The summed E-state index contributed by atoms with van der Waals surface area (Å²) in [6, 6.07) is 16.5. The lowest BCUT2D eigenvalue weighted by Crippen LogP contribution is -2.43. The average molecular weight is 527 g/mol. The van der Waals surface area contributed by atoms with Crippen LogP contribution in [0.25, 0.3) is 10.9 Å². The molecular weight excluding hydrogens is 496 g/mol. The number of sulfonamides is 1. The molecule has 1 unspecified atom stereocenters. The maximum Gasteiger partial charge on any atom is 0.243 e. The molecule has 0 aliphatic carbocycles. The molecule has 2 aliphatic heterocycles. The molecule has 7 nitrogen and oxygen atoms in total. The van der Waals surface area contributed by atoms with E-state index in [4.69, 9.17) is 16.6 Å². The van der Waals surface area contributed by atoms with Crippen LogP contribution in [0.4, 0.5) is 5.82 Å². The molecule has 1 aromatic heterocycles. The van der Waals surface area contributed by atoms with Crippen molar-refractivity contribution in [3.63, 3.8) is 0 Å². The van der Waals surface area contributed by atoms with Crippen molar-refractivity contribution in [2.24, 2.45) is 5.92 Å². The molecule has 0 bridgehead atoms. The highest BCUT2D eigenvalue weighted by molar-refractivity contribution is 7.89. The molecule has 0 radical (unpaired) electrons. The van der Waals surface area contributed by atoms with Gasteiger partial charge in [0, 0.05) is 43.1 Å². The van der Waals surface area contributed by atoms with Crippen LogP contribution >= 0.6 is 11.6 Å². The lowest BCUT2D eigenvalue weighted by atomic mass is 9.97. The monoisotopic (exact) mass is 526 g/mol. The number of benzene rings is 2. The summed E-state index contributed by atoms with van der Waals surface area (Å²) in [5.74, 6) is 0.743. The van der Waals surface area contributed by atoms with E-state index in [0.717, 1.165) is 60.9 Å². The Bertz CT molecular complexity index is 1340. The van der Waals surface area contributed by atoms with E-state index < -0.39 is 10.0 Å². The Morgan fingerprint density at radius 1 is 0.972 bits per heavy atom. The van der Waals surface area contributed by atoms with E-state index in [9.17, 15) is 13.2 Å². The van der Waals surface area contributed by atoms with Crippen LogP contribution in [0.3, 0.4) is 0 Å². The number of hydrogen-bond donors (Lipinski definition) is 1. The molecule has 5 rings (SSSR count). The molecule has 1 atom stereocenters. The highest BCUT2D eigenvalue weighted by atomic mass is 35.5. The fourth-order valence-electron chi connectivity index (χ4n) is 5.02. The Morgan fingerprint density at radius 2 is 1.75 bits per heavy atom. The Labute approximate surface area is 217 Å². The van der Waals surface area contributed by atoms with Crippen molar-refractivity contribution in [3.8, 4) is 0 Å². The maximum absolute atomic E-state index is 13.1. The zero-order valence-corrected chi connectivity index (χ0v) is 21.8. The molecule has 3 aromatic rings. The molecule has 9 heteroatoms. The Morgan fingerprint density at radius 3 is 2.53 bits per heavy atom. The van der Waals surface area contributed by atoms with Crippen LogP contribution in [0.1, 0.15) is 37.7 Å². The third kappa shape index (κ3) is 5.51. The van der Waals surface area contributed by atoms with E-state index in [0.29, 0.717) is 36.1 Å². The van der Waals surface area contributed by atoms with Crippen LogP contribution in [0, 0.1) is 5.92 Å². The molecule has 2 aliphatic rings. The second-order valence-electron chi connectivity index (χ2n) is 9.62. The Hall–Kier alpha value is -2.68. The van der Waals surface area contributed by atoms with Crippen molar-refractivity contribution in [2.75, 3.05) is 31.1 Å². The molecule has 3 heterocycles. The van der Waals surface area contributed by atoms with Crippen LogP contribution in [0.5, 0.6) is 0 Å². The number of aromatic nitrogens is 1. The van der Waals surface area contributed by atoms with Crippen molar-refractivity contribution < 1.29 is 13.2 Å². The molecular formula is C27H31ClN4O3S. The number of carbonyl (C=O) groups excluding carboxylic acids is 1. The minimum absolute atomic E-state index is 0.0444. The van der Waals surface area contributed by atoms with Gasteiger partial charge in [-0.15, -0.1) is 0 Å². The van der Waals surface area contributed by atoms with E-state index in [-0.39, 0.29) is 11.8 Å². The van der Waals surface area contributed by atoms with Crippen LogP contribution in [-0.2, 0) is 21.4 Å². The average Bonchev–Trinajstić information content (AvgIpc) is 2.92. The minimum atomic E-state index is -3.48. The van der Waals surface area contributed by atoms with E-state index in [1.54, 1.807) is 22.5 Å². The summed E-state index contributed by atoms with van der Waals surface area (Å²) in [6.45, 7) is 3.08. The number of rotatable bonds is 6. The zero-order chi connectivity index (χ0) is 25.1. The molecule has 1 N–H and O–H groups in total. The molecule has 2 aromatic carbocycles. The maximum atomic E-state index is 13.1. The van der Waals surface area contributed by atoms with Crippen molar-refractivity contribution in [1.29, 1.82) is 0 Å². The van der Waals surface area contributed by atoms with Gasteiger partial charge in [0.15, 0.2) is 0 Å². The van der Waals surface area contributed by atoms with Crippen LogP contribution < -0.4 is 10.2 Å². The predicted molar refractivity (Wildman–Crippen MR) is 143 cm³/mol. The molecule has 190 valence electrons.